The second-order valence-electron chi connectivity index (χ2n) is 4.08. The number of aliphatic hydroxyl groups is 1. The first kappa shape index (κ1) is 9.44. The van der Waals surface area contributed by atoms with E-state index in [0.717, 1.165) is 25.6 Å². The van der Waals surface area contributed by atoms with Crippen molar-refractivity contribution in [3.8, 4) is 0 Å². The molecule has 0 aromatic heterocycles. The summed E-state index contributed by atoms with van der Waals surface area (Å²) in [6, 6.07) is 0.881. The lowest BCUT2D eigenvalue weighted by Gasteiger charge is -2.14. The van der Waals surface area contributed by atoms with E-state index in [9.17, 15) is 0 Å². The first-order chi connectivity index (χ1) is 6.40. The lowest BCUT2D eigenvalue weighted by Crippen LogP contribution is -2.25. The number of nitrogens with zero attached hydrogens (tertiary/aromatic N) is 1. The van der Waals surface area contributed by atoms with Gasteiger partial charge in [0.25, 0.3) is 0 Å². The molecule has 1 saturated heterocycles. The zero-order valence-corrected chi connectivity index (χ0v) is 8.11. The highest BCUT2D eigenvalue weighted by Crippen LogP contribution is 2.30. The SMILES string of the molecule is OCCCOC1CCN(C2CC2)C1. The molecule has 0 amide bonds. The quantitative estimate of drug-likeness (QED) is 0.637. The van der Waals surface area contributed by atoms with Gasteiger partial charge in [-0.2, -0.15) is 0 Å². The highest BCUT2D eigenvalue weighted by molar-refractivity contribution is 4.89. The van der Waals surface area contributed by atoms with Gasteiger partial charge in [-0.1, -0.05) is 0 Å². The molecule has 1 atom stereocenters. The first-order valence-corrected chi connectivity index (χ1v) is 5.36. The van der Waals surface area contributed by atoms with Crippen molar-refractivity contribution in [1.29, 1.82) is 0 Å². The van der Waals surface area contributed by atoms with Gasteiger partial charge < -0.3 is 9.84 Å². The molecule has 1 N–H and O–H groups in total. The molecule has 1 aliphatic heterocycles. The Bertz CT molecular complexity index is 159. The third-order valence-corrected chi connectivity index (χ3v) is 2.90. The van der Waals surface area contributed by atoms with Crippen molar-refractivity contribution in [2.45, 2.75) is 37.8 Å². The number of hydrogen-bond acceptors (Lipinski definition) is 3. The van der Waals surface area contributed by atoms with E-state index in [0.29, 0.717) is 6.10 Å². The van der Waals surface area contributed by atoms with Gasteiger partial charge in [-0.25, -0.2) is 0 Å². The van der Waals surface area contributed by atoms with E-state index in [1.807, 2.05) is 0 Å². The van der Waals surface area contributed by atoms with Crippen LogP contribution in [-0.2, 0) is 4.74 Å². The van der Waals surface area contributed by atoms with Crippen molar-refractivity contribution in [3.63, 3.8) is 0 Å². The topological polar surface area (TPSA) is 32.7 Å². The predicted octanol–water partition coefficient (Wildman–Crippen LogP) is 0.622. The summed E-state index contributed by atoms with van der Waals surface area (Å²) in [6.45, 7) is 3.31. The van der Waals surface area contributed by atoms with Crippen molar-refractivity contribution in [2.24, 2.45) is 0 Å². The molecular formula is C10H19NO2. The minimum absolute atomic E-state index is 0.249. The molecule has 0 radical (unpaired) electrons. The zero-order chi connectivity index (χ0) is 9.10. The van der Waals surface area contributed by atoms with Crippen LogP contribution in [0.3, 0.4) is 0 Å². The van der Waals surface area contributed by atoms with Crippen LogP contribution in [-0.4, -0.2) is 48.5 Å². The van der Waals surface area contributed by atoms with E-state index >= 15 is 0 Å². The average molecular weight is 185 g/mol. The molecule has 0 bridgehead atoms. The van der Waals surface area contributed by atoms with Gasteiger partial charge in [-0.05, 0) is 25.7 Å². The summed E-state index contributed by atoms with van der Waals surface area (Å²) in [4.78, 5) is 2.55. The van der Waals surface area contributed by atoms with Crippen LogP contribution in [0.15, 0.2) is 0 Å². The van der Waals surface area contributed by atoms with Gasteiger partial charge in [0.1, 0.15) is 0 Å². The van der Waals surface area contributed by atoms with Crippen molar-refractivity contribution in [1.82, 2.24) is 4.90 Å². The Morgan fingerprint density at radius 2 is 2.15 bits per heavy atom. The fraction of sp³-hybridized carbons (Fsp3) is 1.00. The van der Waals surface area contributed by atoms with E-state index in [4.69, 9.17) is 9.84 Å². The van der Waals surface area contributed by atoms with Crippen molar-refractivity contribution < 1.29 is 9.84 Å². The second kappa shape index (κ2) is 4.40. The molecule has 13 heavy (non-hydrogen) atoms. The summed E-state index contributed by atoms with van der Waals surface area (Å²) >= 11 is 0. The molecule has 76 valence electrons. The zero-order valence-electron chi connectivity index (χ0n) is 8.11. The standard InChI is InChI=1S/C10H19NO2/c12-6-1-7-13-10-4-5-11(8-10)9-2-3-9/h9-10,12H,1-8H2. The van der Waals surface area contributed by atoms with E-state index in [-0.39, 0.29) is 6.61 Å². The van der Waals surface area contributed by atoms with Crippen LogP contribution in [0.4, 0.5) is 0 Å². The van der Waals surface area contributed by atoms with E-state index in [1.165, 1.54) is 25.8 Å². The summed E-state index contributed by atoms with van der Waals surface area (Å²) in [5, 5.41) is 8.60. The van der Waals surface area contributed by atoms with Crippen LogP contribution in [0.25, 0.3) is 0 Å². The molecule has 0 aromatic carbocycles. The Balaban J connectivity index is 1.60. The van der Waals surface area contributed by atoms with Gasteiger partial charge in [0.05, 0.1) is 6.10 Å². The van der Waals surface area contributed by atoms with Crippen LogP contribution in [0.2, 0.25) is 0 Å². The molecule has 0 aromatic rings. The fourth-order valence-corrected chi connectivity index (χ4v) is 1.98. The molecule has 1 saturated carbocycles. The maximum Gasteiger partial charge on any atom is 0.0714 e. The van der Waals surface area contributed by atoms with Crippen molar-refractivity contribution in [2.75, 3.05) is 26.3 Å². The Morgan fingerprint density at radius 3 is 2.85 bits per heavy atom. The molecule has 2 rings (SSSR count). The average Bonchev–Trinajstić information content (AvgIpc) is 2.88. The van der Waals surface area contributed by atoms with E-state index in [1.54, 1.807) is 0 Å². The normalized spacial score (nSPS) is 29.8. The highest BCUT2D eigenvalue weighted by atomic mass is 16.5. The van der Waals surface area contributed by atoms with Crippen LogP contribution in [0, 0.1) is 0 Å². The lowest BCUT2D eigenvalue weighted by atomic mass is 10.3. The smallest absolute Gasteiger partial charge is 0.0714 e. The van der Waals surface area contributed by atoms with Crippen LogP contribution >= 0.6 is 0 Å². The minimum atomic E-state index is 0.249. The van der Waals surface area contributed by atoms with Gasteiger partial charge in [0.2, 0.25) is 0 Å². The Morgan fingerprint density at radius 1 is 1.31 bits per heavy atom. The molecule has 1 unspecified atom stereocenters. The second-order valence-corrected chi connectivity index (χ2v) is 4.08. The summed E-state index contributed by atoms with van der Waals surface area (Å²) in [6.07, 6.45) is 5.18. The predicted molar refractivity (Wildman–Crippen MR) is 50.7 cm³/mol. The lowest BCUT2D eigenvalue weighted by molar-refractivity contribution is 0.0492. The molecule has 1 aliphatic carbocycles. The van der Waals surface area contributed by atoms with Crippen molar-refractivity contribution >= 4 is 0 Å². The summed E-state index contributed by atoms with van der Waals surface area (Å²) < 4.78 is 5.65. The third-order valence-electron chi connectivity index (χ3n) is 2.90. The Labute approximate surface area is 79.7 Å². The molecule has 2 fully saturated rings. The maximum atomic E-state index is 8.60. The number of hydrogen-bond donors (Lipinski definition) is 1. The Kier molecular flexibility index (Phi) is 3.19. The monoisotopic (exact) mass is 185 g/mol. The van der Waals surface area contributed by atoms with Gasteiger partial charge in [-0.3, -0.25) is 4.90 Å². The first-order valence-electron chi connectivity index (χ1n) is 5.36. The Hall–Kier alpha value is -0.120. The summed E-state index contributed by atoms with van der Waals surface area (Å²) in [7, 11) is 0. The molecule has 3 nitrogen and oxygen atoms in total. The van der Waals surface area contributed by atoms with Gasteiger partial charge in [0.15, 0.2) is 0 Å². The maximum absolute atomic E-state index is 8.60. The van der Waals surface area contributed by atoms with E-state index in [2.05, 4.69) is 4.90 Å². The fourth-order valence-electron chi connectivity index (χ4n) is 1.98. The van der Waals surface area contributed by atoms with Gasteiger partial charge >= 0.3 is 0 Å². The molecule has 3 heteroatoms. The molecule has 0 spiro atoms. The van der Waals surface area contributed by atoms with Crippen LogP contribution < -0.4 is 0 Å². The number of aliphatic hydroxyl groups excluding tert-OH is 1. The minimum Gasteiger partial charge on any atom is -0.396 e. The highest BCUT2D eigenvalue weighted by Gasteiger charge is 2.34. The summed E-state index contributed by atoms with van der Waals surface area (Å²) in [5.41, 5.74) is 0. The number of ether oxygens (including phenoxy) is 1. The van der Waals surface area contributed by atoms with Crippen LogP contribution in [0.5, 0.6) is 0 Å². The molecule has 2 aliphatic rings. The number of rotatable bonds is 5. The van der Waals surface area contributed by atoms with E-state index < -0.39 is 0 Å². The largest absolute Gasteiger partial charge is 0.396 e. The molecular weight excluding hydrogens is 166 g/mol. The summed E-state index contributed by atoms with van der Waals surface area (Å²) in [5.74, 6) is 0. The van der Waals surface area contributed by atoms with Gasteiger partial charge in [-0.15, -0.1) is 0 Å². The third kappa shape index (κ3) is 2.66. The van der Waals surface area contributed by atoms with Crippen molar-refractivity contribution in [3.05, 3.63) is 0 Å². The van der Waals surface area contributed by atoms with Gasteiger partial charge in [0, 0.05) is 32.3 Å². The molecule has 1 heterocycles. The van der Waals surface area contributed by atoms with Crippen LogP contribution in [0.1, 0.15) is 25.7 Å². The number of likely N-dealkylation sites (tertiary alicyclic amines) is 1.